The molecule has 1 aromatic carbocycles. The third-order valence-electron chi connectivity index (χ3n) is 2.75. The van der Waals surface area contributed by atoms with E-state index in [1.165, 1.54) is 6.08 Å². The number of carbonyl (C=O) groups excluding carboxylic acids is 1. The van der Waals surface area contributed by atoms with Gasteiger partial charge in [0.15, 0.2) is 5.60 Å². The van der Waals surface area contributed by atoms with Gasteiger partial charge in [0.1, 0.15) is 5.75 Å². The van der Waals surface area contributed by atoms with E-state index >= 15 is 0 Å². The Morgan fingerprint density at radius 1 is 1.50 bits per heavy atom. The fraction of sp³-hybridized carbons (Fsp3) is 0.231. The first kappa shape index (κ1) is 10.4. The van der Waals surface area contributed by atoms with E-state index in [0.29, 0.717) is 17.7 Å². The number of Topliss-reactive ketones (excluding diaryl/α,β-unsaturated/α-hetero) is 1. The highest BCUT2D eigenvalue weighted by Crippen LogP contribution is 2.37. The largest absolute Gasteiger partial charge is 0.474 e. The lowest BCUT2D eigenvalue weighted by atomic mass is 9.91. The number of nitrogens with zero attached hydrogens (tertiary/aromatic N) is 1. The van der Waals surface area contributed by atoms with E-state index in [9.17, 15) is 4.79 Å². The Bertz CT molecular complexity index is 487. The maximum Gasteiger partial charge on any atom is 0.214 e. The number of para-hydroxylation sites is 1. The lowest BCUT2D eigenvalue weighted by molar-refractivity contribution is 0.0693. The van der Waals surface area contributed by atoms with E-state index < -0.39 is 5.60 Å². The third-order valence-corrected chi connectivity index (χ3v) is 2.75. The number of ether oxygens (including phenoxy) is 1. The number of hydrogen-bond donors (Lipinski definition) is 0. The van der Waals surface area contributed by atoms with Gasteiger partial charge in [-0.3, -0.25) is 4.79 Å². The van der Waals surface area contributed by atoms with Crippen molar-refractivity contribution in [2.24, 2.45) is 0 Å². The van der Waals surface area contributed by atoms with Gasteiger partial charge in [0.2, 0.25) is 5.78 Å². The summed E-state index contributed by atoms with van der Waals surface area (Å²) in [6.45, 7) is 3.65. The molecule has 0 N–H and O–H groups in total. The van der Waals surface area contributed by atoms with Crippen molar-refractivity contribution in [2.75, 3.05) is 0 Å². The van der Waals surface area contributed by atoms with Gasteiger partial charge in [-0.1, -0.05) is 18.7 Å². The molecule has 0 aliphatic carbocycles. The maximum atomic E-state index is 12.1. The molecule has 0 amide bonds. The van der Waals surface area contributed by atoms with E-state index in [-0.39, 0.29) is 12.2 Å². The number of benzene rings is 1. The Labute approximate surface area is 94.0 Å². The molecule has 16 heavy (non-hydrogen) atoms. The number of ketones is 1. The molecule has 0 saturated carbocycles. The summed E-state index contributed by atoms with van der Waals surface area (Å²) < 4.78 is 5.64. The summed E-state index contributed by atoms with van der Waals surface area (Å²) in [5.74, 6) is 0.471. The van der Waals surface area contributed by atoms with Crippen LogP contribution in [0.1, 0.15) is 23.2 Å². The quantitative estimate of drug-likeness (QED) is 0.725. The van der Waals surface area contributed by atoms with Crippen molar-refractivity contribution in [1.29, 1.82) is 5.26 Å². The smallest absolute Gasteiger partial charge is 0.214 e. The average molecular weight is 213 g/mol. The van der Waals surface area contributed by atoms with Gasteiger partial charge in [-0.05, 0) is 18.2 Å². The van der Waals surface area contributed by atoms with Gasteiger partial charge in [-0.25, -0.2) is 0 Å². The molecular weight excluding hydrogens is 202 g/mol. The molecule has 1 aromatic rings. The number of nitriles is 1. The maximum absolute atomic E-state index is 12.1. The summed E-state index contributed by atoms with van der Waals surface area (Å²) in [5.41, 5.74) is -0.472. The molecule has 1 atom stereocenters. The van der Waals surface area contributed by atoms with Crippen molar-refractivity contribution in [2.45, 2.75) is 18.4 Å². The van der Waals surface area contributed by atoms with Crippen LogP contribution in [0.2, 0.25) is 0 Å². The first-order valence-corrected chi connectivity index (χ1v) is 5.07. The molecule has 0 bridgehead atoms. The molecule has 1 heterocycles. The zero-order valence-corrected chi connectivity index (χ0v) is 8.77. The van der Waals surface area contributed by atoms with E-state index in [1.807, 2.05) is 12.1 Å². The van der Waals surface area contributed by atoms with Crippen LogP contribution in [0, 0.1) is 11.3 Å². The number of fused-ring (bicyclic) bond motifs is 1. The van der Waals surface area contributed by atoms with Crippen molar-refractivity contribution in [3.8, 4) is 11.8 Å². The van der Waals surface area contributed by atoms with Gasteiger partial charge in [0.25, 0.3) is 0 Å². The second kappa shape index (κ2) is 3.82. The molecule has 1 unspecified atom stereocenters. The molecule has 80 valence electrons. The molecule has 1 aliphatic heterocycles. The van der Waals surface area contributed by atoms with Gasteiger partial charge >= 0.3 is 0 Å². The number of hydrogen-bond acceptors (Lipinski definition) is 3. The Hall–Kier alpha value is -2.08. The van der Waals surface area contributed by atoms with E-state index in [1.54, 1.807) is 18.2 Å². The highest BCUT2D eigenvalue weighted by atomic mass is 16.5. The van der Waals surface area contributed by atoms with Crippen LogP contribution in [0.4, 0.5) is 0 Å². The van der Waals surface area contributed by atoms with Crippen LogP contribution < -0.4 is 4.74 Å². The summed E-state index contributed by atoms with van der Waals surface area (Å²) in [7, 11) is 0. The van der Waals surface area contributed by atoms with Gasteiger partial charge in [0.05, 0.1) is 11.6 Å². The van der Waals surface area contributed by atoms with E-state index in [4.69, 9.17) is 10.00 Å². The second-order valence-corrected chi connectivity index (χ2v) is 3.68. The third kappa shape index (κ3) is 1.40. The summed E-state index contributed by atoms with van der Waals surface area (Å²) in [5, 5.41) is 8.59. The molecule has 2 rings (SSSR count). The summed E-state index contributed by atoms with van der Waals surface area (Å²) in [6, 6.07) is 9.12. The number of carbonyl (C=O) groups is 1. The highest BCUT2D eigenvalue weighted by molar-refractivity contribution is 6.08. The lowest BCUT2D eigenvalue weighted by Gasteiger charge is -2.21. The molecule has 0 radical (unpaired) electrons. The standard InChI is InChI=1S/C13H11NO2/c1-2-13(8-5-9-14)12(15)10-6-3-4-7-11(10)16-13/h2-4,6-7H,1,5,8H2. The summed E-state index contributed by atoms with van der Waals surface area (Å²) in [6.07, 6.45) is 2.11. The van der Waals surface area contributed by atoms with Crippen LogP contribution >= 0.6 is 0 Å². The van der Waals surface area contributed by atoms with Crippen molar-refractivity contribution >= 4 is 5.78 Å². The SMILES string of the molecule is C=CC1(CCC#N)Oc2ccccc2C1=O. The molecule has 0 aromatic heterocycles. The molecule has 0 saturated heterocycles. The van der Waals surface area contributed by atoms with Crippen LogP contribution in [0.3, 0.4) is 0 Å². The van der Waals surface area contributed by atoms with E-state index in [2.05, 4.69) is 6.58 Å². The van der Waals surface area contributed by atoms with Crippen LogP contribution in [0.25, 0.3) is 0 Å². The van der Waals surface area contributed by atoms with Gasteiger partial charge in [0, 0.05) is 12.8 Å². The van der Waals surface area contributed by atoms with Crippen LogP contribution in [0.5, 0.6) is 5.75 Å². The van der Waals surface area contributed by atoms with Crippen molar-refractivity contribution in [3.05, 3.63) is 42.5 Å². The van der Waals surface area contributed by atoms with Crippen LogP contribution in [-0.4, -0.2) is 11.4 Å². The molecule has 1 aliphatic rings. The summed E-state index contributed by atoms with van der Waals surface area (Å²) >= 11 is 0. The predicted molar refractivity (Wildman–Crippen MR) is 59.2 cm³/mol. The Morgan fingerprint density at radius 2 is 2.25 bits per heavy atom. The van der Waals surface area contributed by atoms with Crippen molar-refractivity contribution < 1.29 is 9.53 Å². The Morgan fingerprint density at radius 3 is 2.88 bits per heavy atom. The van der Waals surface area contributed by atoms with Crippen molar-refractivity contribution in [3.63, 3.8) is 0 Å². The monoisotopic (exact) mass is 213 g/mol. The fourth-order valence-electron chi connectivity index (χ4n) is 1.86. The first-order valence-electron chi connectivity index (χ1n) is 5.07. The topological polar surface area (TPSA) is 50.1 Å². The highest BCUT2D eigenvalue weighted by Gasteiger charge is 2.44. The minimum absolute atomic E-state index is 0.103. The minimum atomic E-state index is -1.04. The molecule has 0 spiro atoms. The molecule has 3 heteroatoms. The normalized spacial score (nSPS) is 22.1. The second-order valence-electron chi connectivity index (χ2n) is 3.68. The van der Waals surface area contributed by atoms with Gasteiger partial charge in [-0.15, -0.1) is 0 Å². The first-order chi connectivity index (χ1) is 7.73. The van der Waals surface area contributed by atoms with Gasteiger partial charge in [-0.2, -0.15) is 5.26 Å². The Kier molecular flexibility index (Phi) is 2.49. The average Bonchev–Trinajstić information content (AvgIpc) is 2.61. The van der Waals surface area contributed by atoms with Crippen LogP contribution in [0.15, 0.2) is 36.9 Å². The lowest BCUT2D eigenvalue weighted by Crippen LogP contribution is -2.37. The van der Waals surface area contributed by atoms with Gasteiger partial charge < -0.3 is 4.74 Å². The zero-order chi connectivity index (χ0) is 11.6. The fourth-order valence-corrected chi connectivity index (χ4v) is 1.86. The predicted octanol–water partition coefficient (Wildman–Crippen LogP) is 2.49. The van der Waals surface area contributed by atoms with E-state index in [0.717, 1.165) is 0 Å². The summed E-state index contributed by atoms with van der Waals surface area (Å²) in [4.78, 5) is 12.1. The van der Waals surface area contributed by atoms with Crippen molar-refractivity contribution in [1.82, 2.24) is 0 Å². The zero-order valence-electron chi connectivity index (χ0n) is 8.77. The molecule has 0 fully saturated rings. The Balaban J connectivity index is 2.38. The molecular formula is C13H11NO2. The number of rotatable bonds is 3. The minimum Gasteiger partial charge on any atom is -0.474 e. The van der Waals surface area contributed by atoms with Crippen LogP contribution in [-0.2, 0) is 0 Å². The molecule has 3 nitrogen and oxygen atoms in total.